The highest BCUT2D eigenvalue weighted by Gasteiger charge is 2.36. The smallest absolute Gasteiger partial charge is 0.416 e. The van der Waals surface area contributed by atoms with Crippen LogP contribution in [0.5, 0.6) is 0 Å². The molecular weight excluding hydrogens is 346 g/mol. The first-order valence-electron chi connectivity index (χ1n) is 6.02. The Morgan fingerprint density at radius 1 is 1.08 bits per heavy atom. The zero-order valence-electron chi connectivity index (χ0n) is 11.9. The molecule has 5 nitrogen and oxygen atoms in total. The lowest BCUT2D eigenvalue weighted by molar-refractivity contribution is -0.143. The van der Waals surface area contributed by atoms with Crippen LogP contribution in [0.3, 0.4) is 0 Å². The van der Waals surface area contributed by atoms with Gasteiger partial charge < -0.3 is 15.4 Å². The van der Waals surface area contributed by atoms with Crippen LogP contribution in [0.2, 0.25) is 0 Å². The van der Waals surface area contributed by atoms with Crippen molar-refractivity contribution in [1.29, 1.82) is 0 Å². The van der Waals surface area contributed by atoms with Crippen LogP contribution in [-0.2, 0) is 12.4 Å². The van der Waals surface area contributed by atoms with Crippen molar-refractivity contribution in [2.24, 2.45) is 0 Å². The summed E-state index contributed by atoms with van der Waals surface area (Å²) >= 11 is 0. The Labute approximate surface area is 130 Å². The van der Waals surface area contributed by atoms with E-state index in [1.807, 2.05) is 0 Å². The Bertz CT molecular complexity index is 689. The number of aromatic nitrogens is 1. The summed E-state index contributed by atoms with van der Waals surface area (Å²) in [5.74, 6) is -0.670. The third kappa shape index (κ3) is 5.18. The van der Waals surface area contributed by atoms with Crippen LogP contribution in [-0.4, -0.2) is 16.2 Å². The number of anilines is 1. The normalized spacial score (nSPS) is 11.6. The third-order valence-electron chi connectivity index (χ3n) is 2.59. The number of carbonyl (C=O) groups is 1. The number of nitrogen functional groups attached to an aromatic ring is 1. The minimum absolute atomic E-state index is 0.0242. The molecule has 2 aromatic rings. The number of carboxylic acids is 1. The molecule has 24 heavy (non-hydrogen) atoms. The van der Waals surface area contributed by atoms with Gasteiger partial charge in [0.15, 0.2) is 0 Å². The molecule has 11 heteroatoms. The van der Waals surface area contributed by atoms with Gasteiger partial charge in [-0.15, -0.1) is 0 Å². The molecule has 0 saturated carbocycles. The first-order valence-corrected chi connectivity index (χ1v) is 6.02. The predicted molar refractivity (Wildman–Crippen MR) is 69.1 cm³/mol. The predicted octanol–water partition coefficient (Wildman–Crippen LogP) is 3.99. The molecule has 0 atom stereocenters. The lowest BCUT2D eigenvalue weighted by Gasteiger charge is -2.12. The largest absolute Gasteiger partial charge is 0.478 e. The lowest BCUT2D eigenvalue weighted by Crippen LogP contribution is -2.11. The summed E-state index contributed by atoms with van der Waals surface area (Å²) in [6, 6.07) is 0.931. The summed E-state index contributed by atoms with van der Waals surface area (Å²) in [6.45, 7) is 1.55. The van der Waals surface area contributed by atoms with E-state index in [-0.39, 0.29) is 11.6 Å². The fourth-order valence-corrected chi connectivity index (χ4v) is 1.48. The molecule has 2 rings (SSSR count). The van der Waals surface area contributed by atoms with E-state index < -0.39 is 35.1 Å². The van der Waals surface area contributed by atoms with Gasteiger partial charge in [-0.2, -0.15) is 26.3 Å². The highest BCUT2D eigenvalue weighted by atomic mass is 19.4. The van der Waals surface area contributed by atoms with Gasteiger partial charge in [-0.1, -0.05) is 5.16 Å². The van der Waals surface area contributed by atoms with E-state index in [1.165, 1.54) is 6.20 Å². The molecule has 0 fully saturated rings. The van der Waals surface area contributed by atoms with Crippen LogP contribution in [0.15, 0.2) is 28.9 Å². The summed E-state index contributed by atoms with van der Waals surface area (Å²) in [5.41, 5.74) is 1.69. The van der Waals surface area contributed by atoms with E-state index in [9.17, 15) is 31.1 Å². The van der Waals surface area contributed by atoms with Gasteiger partial charge >= 0.3 is 18.3 Å². The zero-order valence-corrected chi connectivity index (χ0v) is 11.9. The number of carboxylic acid groups (broad SMARTS) is 1. The monoisotopic (exact) mass is 356 g/mol. The summed E-state index contributed by atoms with van der Waals surface area (Å²) in [5, 5.41) is 11.6. The maximum Gasteiger partial charge on any atom is 0.416 e. The van der Waals surface area contributed by atoms with E-state index in [2.05, 4.69) is 9.68 Å². The quantitative estimate of drug-likeness (QED) is 0.596. The molecule has 0 aliphatic carbocycles. The summed E-state index contributed by atoms with van der Waals surface area (Å²) in [6.07, 6.45) is -8.50. The molecule has 3 N–H and O–H groups in total. The van der Waals surface area contributed by atoms with Crippen LogP contribution < -0.4 is 5.73 Å². The van der Waals surface area contributed by atoms with Crippen molar-refractivity contribution in [1.82, 2.24) is 5.16 Å². The van der Waals surface area contributed by atoms with E-state index in [0.29, 0.717) is 17.9 Å². The maximum absolute atomic E-state index is 12.1. The number of aryl methyl sites for hydroxylation is 1. The van der Waals surface area contributed by atoms with Gasteiger partial charge in [0.25, 0.3) is 0 Å². The van der Waals surface area contributed by atoms with E-state index in [1.54, 1.807) is 6.92 Å². The van der Waals surface area contributed by atoms with Crippen LogP contribution >= 0.6 is 0 Å². The SMILES string of the molecule is Cc1oncc1C(=O)O.Nc1cc(C(F)(F)F)cc(C(F)(F)F)c1. The second-order valence-electron chi connectivity index (χ2n) is 4.44. The van der Waals surface area contributed by atoms with E-state index in [4.69, 9.17) is 10.8 Å². The third-order valence-corrected chi connectivity index (χ3v) is 2.59. The molecule has 1 aromatic carbocycles. The summed E-state index contributed by atoms with van der Waals surface area (Å²) in [4.78, 5) is 10.2. The number of hydrogen-bond acceptors (Lipinski definition) is 4. The summed E-state index contributed by atoms with van der Waals surface area (Å²) in [7, 11) is 0. The van der Waals surface area contributed by atoms with Crippen molar-refractivity contribution < 1.29 is 40.8 Å². The van der Waals surface area contributed by atoms with Crippen molar-refractivity contribution >= 4 is 11.7 Å². The van der Waals surface area contributed by atoms with Crippen molar-refractivity contribution in [2.75, 3.05) is 5.73 Å². The number of alkyl halides is 6. The molecule has 0 saturated heterocycles. The molecule has 0 aliphatic rings. The second-order valence-corrected chi connectivity index (χ2v) is 4.44. The number of nitrogens with zero attached hydrogens (tertiary/aromatic N) is 1. The van der Waals surface area contributed by atoms with Gasteiger partial charge in [-0.05, 0) is 25.1 Å². The van der Waals surface area contributed by atoms with Crippen LogP contribution in [0.4, 0.5) is 32.0 Å². The highest BCUT2D eigenvalue weighted by molar-refractivity contribution is 5.88. The van der Waals surface area contributed by atoms with Crippen molar-refractivity contribution in [2.45, 2.75) is 19.3 Å². The standard InChI is InChI=1S/C8H5F6N.C5H5NO3/c9-7(10,11)4-1-5(8(12,13)14)3-6(15)2-4;1-3-4(5(7)8)2-6-9-3/h1-3H,15H2;2H,1H3,(H,7,8). The van der Waals surface area contributed by atoms with Gasteiger partial charge in [0.2, 0.25) is 0 Å². The molecule has 0 amide bonds. The molecule has 0 spiro atoms. The molecule has 0 radical (unpaired) electrons. The Kier molecular flexibility index (Phi) is 5.48. The first kappa shape index (κ1) is 19.3. The Morgan fingerprint density at radius 2 is 1.54 bits per heavy atom. The van der Waals surface area contributed by atoms with Crippen molar-refractivity contribution in [3.63, 3.8) is 0 Å². The number of aromatic carboxylic acids is 1. The Morgan fingerprint density at radius 3 is 1.79 bits per heavy atom. The highest BCUT2D eigenvalue weighted by Crippen LogP contribution is 2.36. The summed E-state index contributed by atoms with van der Waals surface area (Å²) < 4.78 is 77.2. The molecule has 132 valence electrons. The second kappa shape index (κ2) is 6.81. The average Bonchev–Trinajstić information content (AvgIpc) is 2.83. The van der Waals surface area contributed by atoms with E-state index in [0.717, 1.165) is 0 Å². The van der Waals surface area contributed by atoms with E-state index >= 15 is 0 Å². The minimum Gasteiger partial charge on any atom is -0.478 e. The molecule has 0 unspecified atom stereocenters. The van der Waals surface area contributed by atoms with Gasteiger partial charge in [-0.25, -0.2) is 4.79 Å². The first-order chi connectivity index (χ1) is 10.8. The van der Waals surface area contributed by atoms with Gasteiger partial charge in [0, 0.05) is 5.69 Å². The Balaban J connectivity index is 0.000000272. The zero-order chi connectivity index (χ0) is 18.7. The molecular formula is C13H10F6N2O3. The number of hydrogen-bond donors (Lipinski definition) is 2. The van der Waals surface area contributed by atoms with Crippen molar-refractivity contribution in [3.8, 4) is 0 Å². The van der Waals surface area contributed by atoms with Crippen molar-refractivity contribution in [3.05, 3.63) is 46.8 Å². The average molecular weight is 356 g/mol. The number of nitrogens with two attached hydrogens (primary N) is 1. The van der Waals surface area contributed by atoms with Gasteiger partial charge in [-0.3, -0.25) is 0 Å². The number of benzene rings is 1. The molecule has 1 aromatic heterocycles. The molecule has 0 aliphatic heterocycles. The molecule has 0 bridgehead atoms. The maximum atomic E-state index is 12.1. The topological polar surface area (TPSA) is 89.3 Å². The van der Waals surface area contributed by atoms with Crippen LogP contribution in [0.25, 0.3) is 0 Å². The van der Waals surface area contributed by atoms with Crippen LogP contribution in [0.1, 0.15) is 27.2 Å². The fourth-order valence-electron chi connectivity index (χ4n) is 1.48. The Hall–Kier alpha value is -2.72. The van der Waals surface area contributed by atoms with Crippen LogP contribution in [0, 0.1) is 6.92 Å². The minimum atomic E-state index is -4.84. The van der Waals surface area contributed by atoms with Gasteiger partial charge in [0.05, 0.1) is 17.3 Å². The molecule has 1 heterocycles. The lowest BCUT2D eigenvalue weighted by atomic mass is 10.1. The fraction of sp³-hybridized carbons (Fsp3) is 0.231. The number of rotatable bonds is 1. The van der Waals surface area contributed by atoms with Gasteiger partial charge in [0.1, 0.15) is 11.3 Å². The number of halogens is 6.